The number of nitrogen functional groups attached to an aromatic ring is 1. The number of likely N-dealkylation sites (tertiary alicyclic amines) is 1. The van der Waals surface area contributed by atoms with Gasteiger partial charge in [0.25, 0.3) is 0 Å². The van der Waals surface area contributed by atoms with E-state index in [1.807, 2.05) is 48.5 Å². The lowest BCUT2D eigenvalue weighted by Crippen LogP contribution is -2.40. The van der Waals surface area contributed by atoms with Crippen LogP contribution in [0, 0.1) is 5.92 Å². The average molecular weight is 419 g/mol. The first-order chi connectivity index (χ1) is 12.6. The van der Waals surface area contributed by atoms with Gasteiger partial charge in [0.15, 0.2) is 0 Å². The Morgan fingerprint density at radius 3 is 2.62 bits per heavy atom. The summed E-state index contributed by atoms with van der Waals surface area (Å²) in [6, 6.07) is 15.3. The molecule has 0 atom stereocenters. The SMILES string of the molecule is Nc1ccc(Br)c(OCC2CCN(C(=O)OCc3ccccc3)CC2)c1. The zero-order valence-electron chi connectivity index (χ0n) is 14.6. The van der Waals surface area contributed by atoms with E-state index in [-0.39, 0.29) is 6.09 Å². The van der Waals surface area contributed by atoms with Crippen molar-refractivity contribution in [2.75, 3.05) is 25.4 Å². The fraction of sp³-hybridized carbons (Fsp3) is 0.350. The van der Waals surface area contributed by atoms with Crippen LogP contribution in [0.25, 0.3) is 0 Å². The first-order valence-electron chi connectivity index (χ1n) is 8.75. The minimum Gasteiger partial charge on any atom is -0.492 e. The fourth-order valence-electron chi connectivity index (χ4n) is 2.93. The Kier molecular flexibility index (Phi) is 6.39. The van der Waals surface area contributed by atoms with Gasteiger partial charge in [0.05, 0.1) is 11.1 Å². The second kappa shape index (κ2) is 8.94. The van der Waals surface area contributed by atoms with E-state index in [1.54, 1.807) is 4.90 Å². The van der Waals surface area contributed by atoms with Crippen molar-refractivity contribution in [1.29, 1.82) is 0 Å². The van der Waals surface area contributed by atoms with Crippen molar-refractivity contribution in [1.82, 2.24) is 4.90 Å². The van der Waals surface area contributed by atoms with E-state index in [0.717, 1.165) is 28.6 Å². The Morgan fingerprint density at radius 1 is 1.15 bits per heavy atom. The number of carbonyl (C=O) groups is 1. The van der Waals surface area contributed by atoms with Crippen LogP contribution in [0.4, 0.5) is 10.5 Å². The van der Waals surface area contributed by atoms with Crippen molar-refractivity contribution in [3.63, 3.8) is 0 Å². The third-order valence-electron chi connectivity index (χ3n) is 4.51. The molecule has 1 amide bonds. The summed E-state index contributed by atoms with van der Waals surface area (Å²) in [5.74, 6) is 1.18. The monoisotopic (exact) mass is 418 g/mol. The van der Waals surface area contributed by atoms with Gasteiger partial charge < -0.3 is 20.1 Å². The van der Waals surface area contributed by atoms with E-state index in [0.29, 0.717) is 37.9 Å². The van der Waals surface area contributed by atoms with Gasteiger partial charge in [-0.05, 0) is 52.4 Å². The van der Waals surface area contributed by atoms with Crippen LogP contribution in [0.15, 0.2) is 53.0 Å². The first kappa shape index (κ1) is 18.6. The van der Waals surface area contributed by atoms with E-state index in [4.69, 9.17) is 15.2 Å². The zero-order valence-corrected chi connectivity index (χ0v) is 16.2. The third kappa shape index (κ3) is 5.14. The number of nitrogens with two attached hydrogens (primary N) is 1. The topological polar surface area (TPSA) is 64.8 Å². The third-order valence-corrected chi connectivity index (χ3v) is 5.16. The Morgan fingerprint density at radius 2 is 1.88 bits per heavy atom. The standard InChI is InChI=1S/C20H23BrN2O3/c21-18-7-6-17(22)12-19(18)25-13-16-8-10-23(11-9-16)20(24)26-14-15-4-2-1-3-5-15/h1-7,12,16H,8-11,13-14,22H2. The largest absolute Gasteiger partial charge is 0.492 e. The molecule has 138 valence electrons. The molecule has 5 nitrogen and oxygen atoms in total. The lowest BCUT2D eigenvalue weighted by molar-refractivity contribution is 0.0760. The van der Waals surface area contributed by atoms with E-state index in [1.165, 1.54) is 0 Å². The fourth-order valence-corrected chi connectivity index (χ4v) is 3.29. The molecular formula is C20H23BrN2O3. The van der Waals surface area contributed by atoms with E-state index in [2.05, 4.69) is 15.9 Å². The number of nitrogens with zero attached hydrogens (tertiary/aromatic N) is 1. The lowest BCUT2D eigenvalue weighted by atomic mass is 9.98. The van der Waals surface area contributed by atoms with Crippen molar-refractivity contribution in [3.8, 4) is 5.75 Å². The van der Waals surface area contributed by atoms with Gasteiger partial charge in [-0.3, -0.25) is 0 Å². The van der Waals surface area contributed by atoms with Crippen LogP contribution in [-0.2, 0) is 11.3 Å². The molecule has 26 heavy (non-hydrogen) atoms. The number of carbonyl (C=O) groups excluding carboxylic acids is 1. The second-order valence-corrected chi connectivity index (χ2v) is 7.33. The van der Waals surface area contributed by atoms with Crippen molar-refractivity contribution >= 4 is 27.7 Å². The number of anilines is 1. The number of benzene rings is 2. The van der Waals surface area contributed by atoms with Gasteiger partial charge in [-0.15, -0.1) is 0 Å². The van der Waals surface area contributed by atoms with Crippen LogP contribution in [0.5, 0.6) is 5.75 Å². The van der Waals surface area contributed by atoms with Crippen molar-refractivity contribution in [2.24, 2.45) is 5.92 Å². The highest BCUT2D eigenvalue weighted by Gasteiger charge is 2.24. The molecule has 1 fully saturated rings. The predicted molar refractivity (Wildman–Crippen MR) is 105 cm³/mol. The molecule has 3 rings (SSSR count). The average Bonchev–Trinajstić information content (AvgIpc) is 2.68. The Hall–Kier alpha value is -2.21. The molecule has 2 aromatic rings. The van der Waals surface area contributed by atoms with Crippen LogP contribution in [0.1, 0.15) is 18.4 Å². The maximum Gasteiger partial charge on any atom is 0.410 e. The highest BCUT2D eigenvalue weighted by atomic mass is 79.9. The highest BCUT2D eigenvalue weighted by Crippen LogP contribution is 2.28. The van der Waals surface area contributed by atoms with E-state index < -0.39 is 0 Å². The van der Waals surface area contributed by atoms with Crippen LogP contribution >= 0.6 is 15.9 Å². The number of hydrogen-bond acceptors (Lipinski definition) is 4. The zero-order chi connectivity index (χ0) is 18.4. The molecule has 0 aromatic heterocycles. The normalized spacial score (nSPS) is 14.9. The second-order valence-electron chi connectivity index (χ2n) is 6.47. The molecule has 0 unspecified atom stereocenters. The Bertz CT molecular complexity index is 731. The molecule has 1 heterocycles. The molecule has 0 saturated carbocycles. The summed E-state index contributed by atoms with van der Waals surface area (Å²) in [4.78, 5) is 14.0. The maximum atomic E-state index is 12.2. The quantitative estimate of drug-likeness (QED) is 0.727. The summed E-state index contributed by atoms with van der Waals surface area (Å²) in [7, 11) is 0. The number of piperidine rings is 1. The summed E-state index contributed by atoms with van der Waals surface area (Å²) in [5, 5.41) is 0. The molecule has 0 aliphatic carbocycles. The summed E-state index contributed by atoms with van der Waals surface area (Å²) in [6.45, 7) is 2.32. The molecule has 2 N–H and O–H groups in total. The summed E-state index contributed by atoms with van der Waals surface area (Å²) < 4.78 is 12.2. The molecule has 1 aliphatic rings. The van der Waals surface area contributed by atoms with Crippen molar-refractivity contribution in [2.45, 2.75) is 19.4 Å². The summed E-state index contributed by atoms with van der Waals surface area (Å²) >= 11 is 3.47. The van der Waals surface area contributed by atoms with Crippen LogP contribution in [-0.4, -0.2) is 30.7 Å². The van der Waals surface area contributed by atoms with Gasteiger partial charge in [-0.25, -0.2) is 4.79 Å². The number of amides is 1. The van der Waals surface area contributed by atoms with Crippen molar-refractivity contribution in [3.05, 3.63) is 58.6 Å². The Balaban J connectivity index is 1.41. The number of halogens is 1. The summed E-state index contributed by atoms with van der Waals surface area (Å²) in [5.41, 5.74) is 7.48. The van der Waals surface area contributed by atoms with Gasteiger partial charge >= 0.3 is 6.09 Å². The molecular weight excluding hydrogens is 396 g/mol. The minimum absolute atomic E-state index is 0.244. The van der Waals surface area contributed by atoms with Crippen LogP contribution in [0.3, 0.4) is 0 Å². The molecule has 1 saturated heterocycles. The Labute approximate surface area is 162 Å². The highest BCUT2D eigenvalue weighted by molar-refractivity contribution is 9.10. The lowest BCUT2D eigenvalue weighted by Gasteiger charge is -2.31. The van der Waals surface area contributed by atoms with Crippen molar-refractivity contribution < 1.29 is 14.3 Å². The predicted octanol–water partition coefficient (Wildman–Crippen LogP) is 4.46. The van der Waals surface area contributed by atoms with E-state index >= 15 is 0 Å². The molecule has 0 bridgehead atoms. The number of hydrogen-bond donors (Lipinski definition) is 1. The molecule has 6 heteroatoms. The molecule has 1 aliphatic heterocycles. The van der Waals surface area contributed by atoms with Crippen LogP contribution < -0.4 is 10.5 Å². The van der Waals surface area contributed by atoms with Crippen LogP contribution in [0.2, 0.25) is 0 Å². The van der Waals surface area contributed by atoms with Gasteiger partial charge in [0.2, 0.25) is 0 Å². The first-order valence-corrected chi connectivity index (χ1v) is 9.54. The molecule has 0 radical (unpaired) electrons. The summed E-state index contributed by atoms with van der Waals surface area (Å²) in [6.07, 6.45) is 1.56. The molecule has 2 aromatic carbocycles. The number of ether oxygens (including phenoxy) is 2. The van der Waals surface area contributed by atoms with Gasteiger partial charge in [-0.2, -0.15) is 0 Å². The minimum atomic E-state index is -0.244. The van der Waals surface area contributed by atoms with Gasteiger partial charge in [0.1, 0.15) is 12.4 Å². The molecule has 0 spiro atoms. The van der Waals surface area contributed by atoms with Gasteiger partial charge in [0, 0.05) is 24.8 Å². The maximum absolute atomic E-state index is 12.2. The number of rotatable bonds is 5. The van der Waals surface area contributed by atoms with E-state index in [9.17, 15) is 4.79 Å². The van der Waals surface area contributed by atoms with Gasteiger partial charge in [-0.1, -0.05) is 30.3 Å². The smallest absolute Gasteiger partial charge is 0.410 e.